The zero-order chi connectivity index (χ0) is 17.1. The maximum absolute atomic E-state index is 11.9. The summed E-state index contributed by atoms with van der Waals surface area (Å²) < 4.78 is 18.2. The molecule has 2 rings (SSSR count). The van der Waals surface area contributed by atoms with E-state index in [1.54, 1.807) is 0 Å². The minimum absolute atomic E-state index is 0.00490. The minimum Gasteiger partial charge on any atom is -0.386 e. The van der Waals surface area contributed by atoms with Crippen LogP contribution < -0.4 is 11.2 Å². The number of aliphatic hydroxyl groups excluding tert-OH is 1. The number of rotatable bonds is 6. The first-order valence-electron chi connectivity index (χ1n) is 7.71. The number of aromatic nitrogens is 2. The molecule has 0 radical (unpaired) electrons. The van der Waals surface area contributed by atoms with E-state index in [1.807, 2.05) is 27.7 Å². The molecule has 8 heteroatoms. The third-order valence-electron chi connectivity index (χ3n) is 3.46. The highest BCUT2D eigenvalue weighted by molar-refractivity contribution is 4.94. The van der Waals surface area contributed by atoms with E-state index in [4.69, 9.17) is 14.2 Å². The minimum atomic E-state index is -1.05. The van der Waals surface area contributed by atoms with Crippen LogP contribution in [0.1, 0.15) is 33.9 Å². The lowest BCUT2D eigenvalue weighted by atomic mass is 10.1. The predicted molar refractivity (Wildman–Crippen MR) is 82.3 cm³/mol. The lowest BCUT2D eigenvalue weighted by Crippen LogP contribution is -2.40. The summed E-state index contributed by atoms with van der Waals surface area (Å²) in [4.78, 5) is 25.2. The summed E-state index contributed by atoms with van der Waals surface area (Å²) in [6.45, 7) is 7.74. The van der Waals surface area contributed by atoms with Crippen LogP contribution in [0.2, 0.25) is 0 Å². The van der Waals surface area contributed by atoms with Gasteiger partial charge in [0, 0.05) is 12.3 Å². The van der Waals surface area contributed by atoms with Crippen molar-refractivity contribution in [3.05, 3.63) is 33.1 Å². The lowest BCUT2D eigenvalue weighted by molar-refractivity contribution is -0.0979. The Hall–Kier alpha value is -1.48. The van der Waals surface area contributed by atoms with E-state index in [1.165, 1.54) is 12.3 Å². The number of nitrogens with zero attached hydrogens (tertiary/aromatic N) is 1. The van der Waals surface area contributed by atoms with Gasteiger partial charge in [0.15, 0.2) is 6.23 Å². The molecule has 0 aliphatic carbocycles. The Labute approximate surface area is 134 Å². The largest absolute Gasteiger partial charge is 0.386 e. The van der Waals surface area contributed by atoms with Gasteiger partial charge in [-0.05, 0) is 27.7 Å². The van der Waals surface area contributed by atoms with Crippen molar-refractivity contribution in [2.75, 3.05) is 6.61 Å². The van der Waals surface area contributed by atoms with Crippen molar-refractivity contribution in [1.82, 2.24) is 9.55 Å². The van der Waals surface area contributed by atoms with Crippen LogP contribution in [0, 0.1) is 0 Å². The molecule has 1 aromatic rings. The smallest absolute Gasteiger partial charge is 0.330 e. The summed E-state index contributed by atoms with van der Waals surface area (Å²) in [5.74, 6) is 0. The maximum atomic E-state index is 11.9. The number of aliphatic hydroxyl groups is 1. The molecule has 23 heavy (non-hydrogen) atoms. The number of ether oxygens (including phenoxy) is 3. The Balaban J connectivity index is 2.24. The van der Waals surface area contributed by atoms with Gasteiger partial charge in [-0.25, -0.2) is 4.79 Å². The van der Waals surface area contributed by atoms with E-state index >= 15 is 0 Å². The number of H-pyrrole nitrogens is 1. The first-order chi connectivity index (χ1) is 10.8. The molecule has 0 aromatic carbocycles. The van der Waals surface area contributed by atoms with Gasteiger partial charge in [-0.15, -0.1) is 0 Å². The summed E-state index contributed by atoms with van der Waals surface area (Å²) in [7, 11) is 0. The standard InChI is InChI=1S/C15H24N2O6/c1-8(2)21-7-10-13(22-9(3)4)12(19)14(23-10)17-6-5-11(18)16-15(17)20/h5-6,8-10,12-14,19H,7H2,1-4H3,(H,16,18,20)/t10-,12?,13?,14-/m1/s1. The van der Waals surface area contributed by atoms with Crippen molar-refractivity contribution < 1.29 is 19.3 Å². The van der Waals surface area contributed by atoms with Crippen LogP contribution in [-0.2, 0) is 14.2 Å². The van der Waals surface area contributed by atoms with Crippen molar-refractivity contribution >= 4 is 0 Å². The monoisotopic (exact) mass is 328 g/mol. The Kier molecular flexibility index (Phi) is 5.74. The van der Waals surface area contributed by atoms with Gasteiger partial charge in [-0.3, -0.25) is 14.3 Å². The van der Waals surface area contributed by atoms with Crippen molar-refractivity contribution in [2.45, 2.75) is 64.4 Å². The van der Waals surface area contributed by atoms with Gasteiger partial charge < -0.3 is 19.3 Å². The first kappa shape index (κ1) is 17.9. The average molecular weight is 328 g/mol. The van der Waals surface area contributed by atoms with Crippen LogP contribution in [0.4, 0.5) is 0 Å². The second-order valence-electron chi connectivity index (χ2n) is 6.10. The van der Waals surface area contributed by atoms with E-state index in [-0.39, 0.29) is 18.8 Å². The Morgan fingerprint density at radius 3 is 2.57 bits per heavy atom. The number of hydrogen-bond acceptors (Lipinski definition) is 6. The normalized spacial score (nSPS) is 28.0. The lowest BCUT2D eigenvalue weighted by Gasteiger charge is -2.23. The fourth-order valence-electron chi connectivity index (χ4n) is 2.48. The maximum Gasteiger partial charge on any atom is 0.330 e. The molecule has 1 fully saturated rings. The summed E-state index contributed by atoms with van der Waals surface area (Å²) >= 11 is 0. The second kappa shape index (κ2) is 7.39. The van der Waals surface area contributed by atoms with Crippen molar-refractivity contribution in [1.29, 1.82) is 0 Å². The molecule has 1 saturated heterocycles. The molecular weight excluding hydrogens is 304 g/mol. The molecular formula is C15H24N2O6. The molecule has 1 aliphatic heterocycles. The van der Waals surface area contributed by atoms with Gasteiger partial charge in [-0.2, -0.15) is 0 Å². The van der Waals surface area contributed by atoms with E-state index in [2.05, 4.69) is 4.98 Å². The van der Waals surface area contributed by atoms with Crippen LogP contribution in [0.3, 0.4) is 0 Å². The van der Waals surface area contributed by atoms with Gasteiger partial charge in [-0.1, -0.05) is 0 Å². The molecule has 0 amide bonds. The zero-order valence-electron chi connectivity index (χ0n) is 13.8. The first-order valence-corrected chi connectivity index (χ1v) is 7.71. The van der Waals surface area contributed by atoms with Gasteiger partial charge in [0.05, 0.1) is 18.8 Å². The fraction of sp³-hybridized carbons (Fsp3) is 0.733. The Bertz CT molecular complexity index is 623. The van der Waals surface area contributed by atoms with E-state index in [0.717, 1.165) is 4.57 Å². The third-order valence-corrected chi connectivity index (χ3v) is 3.46. The van der Waals surface area contributed by atoms with Gasteiger partial charge in [0.1, 0.15) is 18.3 Å². The number of aromatic amines is 1. The Morgan fingerprint density at radius 2 is 2.00 bits per heavy atom. The van der Waals surface area contributed by atoms with Crippen molar-refractivity contribution in [3.63, 3.8) is 0 Å². The van der Waals surface area contributed by atoms with E-state index in [9.17, 15) is 14.7 Å². The molecule has 130 valence electrons. The highest BCUT2D eigenvalue weighted by Gasteiger charge is 2.46. The predicted octanol–water partition coefficient (Wildman–Crippen LogP) is 0.0135. The molecule has 1 aromatic heterocycles. The summed E-state index contributed by atoms with van der Waals surface area (Å²) in [5, 5.41) is 10.5. The highest BCUT2D eigenvalue weighted by atomic mass is 16.6. The van der Waals surface area contributed by atoms with Gasteiger partial charge in [0.25, 0.3) is 5.56 Å². The van der Waals surface area contributed by atoms with Crippen LogP contribution in [0.5, 0.6) is 0 Å². The molecule has 0 saturated carbocycles. The fourth-order valence-corrected chi connectivity index (χ4v) is 2.48. The quantitative estimate of drug-likeness (QED) is 0.763. The molecule has 4 atom stereocenters. The van der Waals surface area contributed by atoms with Crippen LogP contribution in [0.25, 0.3) is 0 Å². The molecule has 8 nitrogen and oxygen atoms in total. The highest BCUT2D eigenvalue weighted by Crippen LogP contribution is 2.31. The van der Waals surface area contributed by atoms with E-state index in [0.29, 0.717) is 0 Å². The summed E-state index contributed by atoms with van der Waals surface area (Å²) in [6, 6.07) is 1.20. The molecule has 0 bridgehead atoms. The number of nitrogens with one attached hydrogen (secondary N) is 1. The van der Waals surface area contributed by atoms with Crippen LogP contribution in [0.15, 0.2) is 21.9 Å². The second-order valence-corrected chi connectivity index (χ2v) is 6.10. The number of hydrogen-bond donors (Lipinski definition) is 2. The third kappa shape index (κ3) is 4.29. The topological polar surface area (TPSA) is 103 Å². The SMILES string of the molecule is CC(C)OC[C@H]1O[C@@H](n2ccc(=O)[nH]c2=O)C(O)C1OC(C)C. The summed E-state index contributed by atoms with van der Waals surface area (Å²) in [6.07, 6.45) is -1.95. The van der Waals surface area contributed by atoms with E-state index < -0.39 is 35.8 Å². The molecule has 2 unspecified atom stereocenters. The van der Waals surface area contributed by atoms with Gasteiger partial charge >= 0.3 is 5.69 Å². The van der Waals surface area contributed by atoms with Crippen molar-refractivity contribution in [3.8, 4) is 0 Å². The zero-order valence-corrected chi connectivity index (χ0v) is 13.8. The van der Waals surface area contributed by atoms with Gasteiger partial charge in [0.2, 0.25) is 0 Å². The Morgan fingerprint density at radius 1 is 1.30 bits per heavy atom. The molecule has 2 N–H and O–H groups in total. The van der Waals surface area contributed by atoms with Crippen molar-refractivity contribution in [2.24, 2.45) is 0 Å². The summed E-state index contributed by atoms with van der Waals surface area (Å²) in [5.41, 5.74) is -1.15. The molecule has 0 spiro atoms. The molecule has 2 heterocycles. The van der Waals surface area contributed by atoms with Crippen LogP contribution in [-0.4, -0.2) is 51.8 Å². The average Bonchev–Trinajstić information content (AvgIpc) is 2.73. The van der Waals surface area contributed by atoms with Crippen LogP contribution >= 0.6 is 0 Å². The molecule has 1 aliphatic rings.